The maximum absolute atomic E-state index is 11.8. The average molecular weight is 260 g/mol. The van der Waals surface area contributed by atoms with Gasteiger partial charge in [0.15, 0.2) is 6.10 Å². The van der Waals surface area contributed by atoms with E-state index in [2.05, 4.69) is 4.90 Å². The topological polar surface area (TPSA) is 53.3 Å². The van der Waals surface area contributed by atoms with Crippen LogP contribution in [0.3, 0.4) is 0 Å². The van der Waals surface area contributed by atoms with Gasteiger partial charge in [0, 0.05) is 18.8 Å². The summed E-state index contributed by atoms with van der Waals surface area (Å²) in [6.07, 6.45) is -0.693. The van der Waals surface area contributed by atoms with Crippen molar-refractivity contribution < 1.29 is 9.53 Å². The molecule has 0 N–H and O–H groups in total. The van der Waals surface area contributed by atoms with Crippen LogP contribution < -0.4 is 4.90 Å². The zero-order chi connectivity index (χ0) is 14.3. The molecule has 0 spiro atoms. The van der Waals surface area contributed by atoms with Crippen LogP contribution in [0.1, 0.15) is 20.8 Å². The number of carbonyl (C=O) groups is 1. The molecule has 4 heteroatoms. The Morgan fingerprint density at radius 1 is 1.37 bits per heavy atom. The third-order valence-corrected chi connectivity index (χ3v) is 2.87. The van der Waals surface area contributed by atoms with E-state index in [-0.39, 0.29) is 11.9 Å². The van der Waals surface area contributed by atoms with Crippen molar-refractivity contribution >= 4 is 11.7 Å². The molecule has 1 rings (SSSR count). The van der Waals surface area contributed by atoms with Crippen LogP contribution in [0.4, 0.5) is 5.69 Å². The first-order valence-corrected chi connectivity index (χ1v) is 6.48. The van der Waals surface area contributed by atoms with Gasteiger partial charge in [0.25, 0.3) is 0 Å². The Morgan fingerprint density at radius 2 is 2.00 bits per heavy atom. The number of nitrogens with zero attached hydrogens (tertiary/aromatic N) is 2. The number of para-hydroxylation sites is 1. The number of rotatable bonds is 6. The van der Waals surface area contributed by atoms with Crippen LogP contribution in [-0.4, -0.2) is 25.2 Å². The van der Waals surface area contributed by atoms with Crippen molar-refractivity contribution in [2.45, 2.75) is 26.9 Å². The summed E-state index contributed by atoms with van der Waals surface area (Å²) in [5, 5.41) is 8.63. The van der Waals surface area contributed by atoms with Crippen LogP contribution >= 0.6 is 0 Å². The second-order valence-corrected chi connectivity index (χ2v) is 4.48. The van der Waals surface area contributed by atoms with Gasteiger partial charge >= 0.3 is 5.97 Å². The summed E-state index contributed by atoms with van der Waals surface area (Å²) in [6.45, 7) is 6.83. The highest BCUT2D eigenvalue weighted by molar-refractivity contribution is 5.73. The van der Waals surface area contributed by atoms with Crippen LogP contribution in [0.2, 0.25) is 0 Å². The highest BCUT2D eigenvalue weighted by Gasteiger charge is 2.20. The average Bonchev–Trinajstić information content (AvgIpc) is 2.45. The molecular weight excluding hydrogens is 240 g/mol. The summed E-state index contributed by atoms with van der Waals surface area (Å²) in [4.78, 5) is 13.9. The van der Waals surface area contributed by atoms with Crippen LogP contribution in [0.25, 0.3) is 0 Å². The SMILES string of the molecule is CCN(CC(C)C(=O)OC(C)C#N)c1ccccc1. The molecule has 0 bridgehead atoms. The van der Waals surface area contributed by atoms with Crippen molar-refractivity contribution in [1.29, 1.82) is 5.26 Å². The van der Waals surface area contributed by atoms with Gasteiger partial charge in [-0.1, -0.05) is 25.1 Å². The molecule has 0 aliphatic rings. The third-order valence-electron chi connectivity index (χ3n) is 2.87. The van der Waals surface area contributed by atoms with Crippen LogP contribution in [0.15, 0.2) is 30.3 Å². The lowest BCUT2D eigenvalue weighted by Crippen LogP contribution is -2.33. The quantitative estimate of drug-likeness (QED) is 0.738. The van der Waals surface area contributed by atoms with Gasteiger partial charge in [-0.3, -0.25) is 4.79 Å². The molecule has 0 amide bonds. The van der Waals surface area contributed by atoms with E-state index < -0.39 is 6.10 Å². The van der Waals surface area contributed by atoms with Gasteiger partial charge < -0.3 is 9.64 Å². The molecule has 0 radical (unpaired) electrons. The van der Waals surface area contributed by atoms with E-state index in [0.717, 1.165) is 12.2 Å². The van der Waals surface area contributed by atoms with E-state index in [1.165, 1.54) is 0 Å². The van der Waals surface area contributed by atoms with Gasteiger partial charge in [-0.05, 0) is 26.0 Å². The second-order valence-electron chi connectivity index (χ2n) is 4.48. The van der Waals surface area contributed by atoms with Crippen molar-refractivity contribution in [1.82, 2.24) is 0 Å². The first-order chi connectivity index (χ1) is 9.08. The van der Waals surface area contributed by atoms with Gasteiger partial charge in [0.05, 0.1) is 5.92 Å². The smallest absolute Gasteiger partial charge is 0.311 e. The minimum absolute atomic E-state index is 0.268. The van der Waals surface area contributed by atoms with Crippen molar-refractivity contribution in [2.24, 2.45) is 5.92 Å². The molecule has 19 heavy (non-hydrogen) atoms. The fourth-order valence-corrected chi connectivity index (χ4v) is 1.78. The largest absolute Gasteiger partial charge is 0.447 e. The highest BCUT2D eigenvalue weighted by Crippen LogP contribution is 2.15. The maximum atomic E-state index is 11.8. The fraction of sp³-hybridized carbons (Fsp3) is 0.467. The minimum Gasteiger partial charge on any atom is -0.447 e. The lowest BCUT2D eigenvalue weighted by atomic mass is 10.1. The Labute approximate surface area is 114 Å². The standard InChI is InChI=1S/C15H20N2O2/c1-4-17(14-8-6-5-7-9-14)11-12(2)15(18)19-13(3)10-16/h5-9,12-13H,4,11H2,1-3H3. The number of hydrogen-bond donors (Lipinski definition) is 0. The monoisotopic (exact) mass is 260 g/mol. The molecule has 0 heterocycles. The normalized spacial score (nSPS) is 13.2. The van der Waals surface area contributed by atoms with E-state index in [4.69, 9.17) is 10.00 Å². The van der Waals surface area contributed by atoms with Crippen molar-refractivity contribution in [3.63, 3.8) is 0 Å². The molecule has 0 aliphatic heterocycles. The Bertz CT molecular complexity index is 439. The molecule has 0 saturated heterocycles. The lowest BCUT2D eigenvalue weighted by Gasteiger charge is -2.26. The predicted molar refractivity (Wildman–Crippen MR) is 74.7 cm³/mol. The Hall–Kier alpha value is -2.02. The molecule has 2 unspecified atom stereocenters. The Morgan fingerprint density at radius 3 is 2.53 bits per heavy atom. The number of esters is 1. The van der Waals surface area contributed by atoms with Crippen molar-refractivity contribution in [3.05, 3.63) is 30.3 Å². The van der Waals surface area contributed by atoms with E-state index in [0.29, 0.717) is 6.54 Å². The molecule has 4 nitrogen and oxygen atoms in total. The summed E-state index contributed by atoms with van der Waals surface area (Å²) in [5.74, 6) is -0.598. The highest BCUT2D eigenvalue weighted by atomic mass is 16.5. The molecule has 0 aromatic heterocycles. The Kier molecular flexibility index (Phi) is 5.87. The van der Waals surface area contributed by atoms with Gasteiger partial charge in [0.1, 0.15) is 6.07 Å². The predicted octanol–water partition coefficient (Wildman–Crippen LogP) is 2.60. The molecule has 0 fully saturated rings. The lowest BCUT2D eigenvalue weighted by molar-refractivity contribution is -0.149. The third kappa shape index (κ3) is 4.63. The summed E-state index contributed by atoms with van der Waals surface area (Å²) < 4.78 is 5.02. The molecule has 1 aromatic carbocycles. The van der Waals surface area contributed by atoms with Crippen LogP contribution in [-0.2, 0) is 9.53 Å². The number of benzene rings is 1. The van der Waals surface area contributed by atoms with E-state index >= 15 is 0 Å². The summed E-state index contributed by atoms with van der Waals surface area (Å²) in [6, 6.07) is 11.8. The van der Waals surface area contributed by atoms with Gasteiger partial charge in [-0.2, -0.15) is 5.26 Å². The summed E-state index contributed by atoms with van der Waals surface area (Å²) in [7, 11) is 0. The minimum atomic E-state index is -0.693. The number of anilines is 1. The Balaban J connectivity index is 2.61. The number of nitriles is 1. The molecule has 0 saturated carbocycles. The number of hydrogen-bond acceptors (Lipinski definition) is 4. The molecule has 102 valence electrons. The molecule has 0 aliphatic carbocycles. The van der Waals surface area contributed by atoms with Crippen LogP contribution in [0, 0.1) is 17.2 Å². The van der Waals surface area contributed by atoms with Gasteiger partial charge in [0.2, 0.25) is 0 Å². The first-order valence-electron chi connectivity index (χ1n) is 6.48. The van der Waals surface area contributed by atoms with Crippen molar-refractivity contribution in [2.75, 3.05) is 18.0 Å². The summed E-state index contributed by atoms with van der Waals surface area (Å²) in [5.41, 5.74) is 1.08. The first kappa shape index (κ1) is 15.0. The van der Waals surface area contributed by atoms with Gasteiger partial charge in [-0.25, -0.2) is 0 Å². The fourth-order valence-electron chi connectivity index (χ4n) is 1.78. The maximum Gasteiger partial charge on any atom is 0.311 e. The van der Waals surface area contributed by atoms with E-state index in [9.17, 15) is 4.79 Å². The molecular formula is C15H20N2O2. The van der Waals surface area contributed by atoms with Gasteiger partial charge in [-0.15, -0.1) is 0 Å². The van der Waals surface area contributed by atoms with E-state index in [1.54, 1.807) is 6.92 Å². The zero-order valence-electron chi connectivity index (χ0n) is 11.7. The van der Waals surface area contributed by atoms with Crippen molar-refractivity contribution in [3.8, 4) is 6.07 Å². The van der Waals surface area contributed by atoms with E-state index in [1.807, 2.05) is 50.2 Å². The second kappa shape index (κ2) is 7.42. The number of ether oxygens (including phenoxy) is 1. The molecule has 2 atom stereocenters. The zero-order valence-corrected chi connectivity index (χ0v) is 11.7. The van der Waals surface area contributed by atoms with Crippen LogP contribution in [0.5, 0.6) is 0 Å². The molecule has 1 aromatic rings. The number of carbonyl (C=O) groups excluding carboxylic acids is 1. The summed E-state index contributed by atoms with van der Waals surface area (Å²) >= 11 is 0.